The Morgan fingerprint density at radius 2 is 1.77 bits per heavy atom. The molecule has 0 aliphatic carbocycles. The summed E-state index contributed by atoms with van der Waals surface area (Å²) in [7, 11) is 0. The lowest BCUT2D eigenvalue weighted by Crippen LogP contribution is -2.45. The molecule has 2 aromatic carbocycles. The highest BCUT2D eigenvalue weighted by atomic mass is 32.1. The van der Waals surface area contributed by atoms with E-state index in [1.165, 1.54) is 11.3 Å². The van der Waals surface area contributed by atoms with E-state index in [0.29, 0.717) is 5.56 Å². The maximum atomic E-state index is 12.3. The summed E-state index contributed by atoms with van der Waals surface area (Å²) >= 11 is 1.61. The van der Waals surface area contributed by atoms with Gasteiger partial charge in [0.1, 0.15) is 0 Å². The minimum absolute atomic E-state index is 0.191. The summed E-state index contributed by atoms with van der Waals surface area (Å²) in [5.74, 6) is -0.191. The van der Waals surface area contributed by atoms with Gasteiger partial charge in [-0.05, 0) is 53.8 Å². The SMILES string of the molecule is Cc1ccsc1/C=N\NC(=O)c1ccc(CN2CCN(c3ccccc3)CC2)cc1. The van der Waals surface area contributed by atoms with Crippen LogP contribution in [0.1, 0.15) is 26.4 Å². The van der Waals surface area contributed by atoms with Crippen molar-refractivity contribution in [3.05, 3.63) is 87.6 Å². The molecule has 154 valence electrons. The van der Waals surface area contributed by atoms with E-state index < -0.39 is 0 Å². The Balaban J connectivity index is 1.26. The number of aryl methyl sites for hydroxylation is 1. The molecule has 30 heavy (non-hydrogen) atoms. The number of para-hydroxylation sites is 1. The van der Waals surface area contributed by atoms with Gasteiger partial charge in [0.15, 0.2) is 0 Å². The number of benzene rings is 2. The maximum Gasteiger partial charge on any atom is 0.271 e. The highest BCUT2D eigenvalue weighted by Gasteiger charge is 2.17. The number of piperazine rings is 1. The summed E-state index contributed by atoms with van der Waals surface area (Å²) in [5, 5.41) is 6.08. The first-order valence-electron chi connectivity index (χ1n) is 10.2. The van der Waals surface area contributed by atoms with Crippen molar-refractivity contribution in [3.8, 4) is 0 Å². The zero-order valence-electron chi connectivity index (χ0n) is 17.1. The van der Waals surface area contributed by atoms with Crippen LogP contribution in [0.2, 0.25) is 0 Å². The van der Waals surface area contributed by atoms with Crippen molar-refractivity contribution in [2.24, 2.45) is 5.10 Å². The molecule has 3 aromatic rings. The van der Waals surface area contributed by atoms with Crippen molar-refractivity contribution in [1.29, 1.82) is 0 Å². The molecule has 0 atom stereocenters. The molecule has 1 aliphatic rings. The van der Waals surface area contributed by atoms with Crippen LogP contribution in [0.3, 0.4) is 0 Å². The smallest absolute Gasteiger partial charge is 0.271 e. The number of amides is 1. The third-order valence-corrected chi connectivity index (χ3v) is 6.32. The number of carbonyl (C=O) groups excluding carboxylic acids is 1. The van der Waals surface area contributed by atoms with Gasteiger partial charge in [-0.25, -0.2) is 5.43 Å². The normalized spacial score (nSPS) is 14.9. The van der Waals surface area contributed by atoms with Crippen LogP contribution in [0.4, 0.5) is 5.69 Å². The molecule has 1 fully saturated rings. The Morgan fingerprint density at radius 3 is 2.43 bits per heavy atom. The van der Waals surface area contributed by atoms with Gasteiger partial charge < -0.3 is 4.90 Å². The van der Waals surface area contributed by atoms with E-state index in [1.807, 2.05) is 42.6 Å². The van der Waals surface area contributed by atoms with Crippen LogP contribution in [0.25, 0.3) is 0 Å². The van der Waals surface area contributed by atoms with Crippen molar-refractivity contribution in [1.82, 2.24) is 10.3 Å². The molecule has 1 amide bonds. The number of rotatable bonds is 6. The Labute approximate surface area is 181 Å². The number of carbonyl (C=O) groups is 1. The summed E-state index contributed by atoms with van der Waals surface area (Å²) in [5.41, 5.74) is 6.90. The molecular weight excluding hydrogens is 392 g/mol. The molecule has 0 unspecified atom stereocenters. The maximum absolute atomic E-state index is 12.3. The fraction of sp³-hybridized carbons (Fsp3) is 0.250. The lowest BCUT2D eigenvalue weighted by Gasteiger charge is -2.36. The van der Waals surface area contributed by atoms with Crippen molar-refractivity contribution in [3.63, 3.8) is 0 Å². The number of thiophene rings is 1. The Kier molecular flexibility index (Phi) is 6.57. The van der Waals surface area contributed by atoms with E-state index in [4.69, 9.17) is 0 Å². The van der Waals surface area contributed by atoms with E-state index in [9.17, 15) is 4.79 Å². The quantitative estimate of drug-likeness (QED) is 0.483. The number of nitrogens with one attached hydrogen (secondary N) is 1. The molecule has 1 aliphatic heterocycles. The first-order chi connectivity index (χ1) is 14.7. The minimum Gasteiger partial charge on any atom is -0.369 e. The fourth-order valence-corrected chi connectivity index (χ4v) is 4.34. The van der Waals surface area contributed by atoms with Gasteiger partial charge >= 0.3 is 0 Å². The predicted octanol–water partition coefficient (Wildman–Crippen LogP) is 4.14. The van der Waals surface area contributed by atoms with Gasteiger partial charge in [-0.1, -0.05) is 30.3 Å². The number of hydrogen-bond donors (Lipinski definition) is 1. The molecule has 0 spiro atoms. The van der Waals surface area contributed by atoms with E-state index in [2.05, 4.69) is 50.7 Å². The van der Waals surface area contributed by atoms with Gasteiger partial charge in [0.05, 0.1) is 6.21 Å². The minimum atomic E-state index is -0.191. The Bertz CT molecular complexity index is 990. The first-order valence-corrected chi connectivity index (χ1v) is 11.1. The van der Waals surface area contributed by atoms with E-state index in [0.717, 1.165) is 43.2 Å². The summed E-state index contributed by atoms with van der Waals surface area (Å²) in [6.07, 6.45) is 1.70. The largest absolute Gasteiger partial charge is 0.369 e. The number of hydrazone groups is 1. The van der Waals surface area contributed by atoms with Gasteiger partial charge in [0.2, 0.25) is 0 Å². The first kappa shape index (κ1) is 20.3. The van der Waals surface area contributed by atoms with E-state index >= 15 is 0 Å². The topological polar surface area (TPSA) is 47.9 Å². The van der Waals surface area contributed by atoms with Crippen LogP contribution in [0, 0.1) is 6.92 Å². The third-order valence-electron chi connectivity index (χ3n) is 5.37. The standard InChI is InChI=1S/C24H26N4OS/c1-19-11-16-30-23(19)17-25-26-24(29)21-9-7-20(8-10-21)18-27-12-14-28(15-13-27)22-5-3-2-4-6-22/h2-11,16-17H,12-15,18H2,1H3,(H,26,29)/b25-17-. The van der Waals surface area contributed by atoms with Gasteiger partial charge in [0.25, 0.3) is 5.91 Å². The van der Waals surface area contributed by atoms with Crippen molar-refractivity contribution >= 4 is 29.1 Å². The van der Waals surface area contributed by atoms with Crippen molar-refractivity contribution in [2.75, 3.05) is 31.1 Å². The average molecular weight is 419 g/mol. The monoisotopic (exact) mass is 418 g/mol. The Hall–Kier alpha value is -2.96. The molecule has 2 heterocycles. The second kappa shape index (κ2) is 9.69. The van der Waals surface area contributed by atoms with Crippen LogP contribution in [0.15, 0.2) is 71.1 Å². The molecule has 4 rings (SSSR count). The van der Waals surface area contributed by atoms with Gasteiger partial charge in [-0.15, -0.1) is 11.3 Å². The van der Waals surface area contributed by atoms with Crippen LogP contribution < -0.4 is 10.3 Å². The molecule has 5 nitrogen and oxygen atoms in total. The molecule has 6 heteroatoms. The second-order valence-corrected chi connectivity index (χ2v) is 8.41. The van der Waals surface area contributed by atoms with Crippen molar-refractivity contribution < 1.29 is 4.79 Å². The third kappa shape index (κ3) is 5.14. The fourth-order valence-electron chi connectivity index (χ4n) is 3.55. The summed E-state index contributed by atoms with van der Waals surface area (Å²) < 4.78 is 0. The summed E-state index contributed by atoms with van der Waals surface area (Å²) in [4.78, 5) is 18.2. The molecule has 0 radical (unpaired) electrons. The molecule has 1 aromatic heterocycles. The van der Waals surface area contributed by atoms with Crippen LogP contribution in [0.5, 0.6) is 0 Å². The van der Waals surface area contributed by atoms with Gasteiger partial charge in [-0.2, -0.15) is 5.10 Å². The molecule has 0 saturated carbocycles. The number of anilines is 1. The molecular formula is C24H26N4OS. The van der Waals surface area contributed by atoms with Gasteiger partial charge in [-0.3, -0.25) is 9.69 Å². The average Bonchev–Trinajstić information content (AvgIpc) is 3.20. The van der Waals surface area contributed by atoms with Crippen LogP contribution in [-0.2, 0) is 6.54 Å². The second-order valence-electron chi connectivity index (χ2n) is 7.46. The van der Waals surface area contributed by atoms with Crippen molar-refractivity contribution in [2.45, 2.75) is 13.5 Å². The Morgan fingerprint density at radius 1 is 1.03 bits per heavy atom. The summed E-state index contributed by atoms with van der Waals surface area (Å²) in [6.45, 7) is 7.07. The van der Waals surface area contributed by atoms with E-state index in [-0.39, 0.29) is 5.91 Å². The number of nitrogens with zero attached hydrogens (tertiary/aromatic N) is 3. The lowest BCUT2D eigenvalue weighted by molar-refractivity contribution is 0.0955. The predicted molar refractivity (Wildman–Crippen MR) is 124 cm³/mol. The molecule has 1 saturated heterocycles. The molecule has 1 N–H and O–H groups in total. The van der Waals surface area contributed by atoms with Crippen LogP contribution in [-0.4, -0.2) is 43.2 Å². The van der Waals surface area contributed by atoms with E-state index in [1.54, 1.807) is 17.6 Å². The molecule has 0 bridgehead atoms. The highest BCUT2D eigenvalue weighted by molar-refractivity contribution is 7.11. The summed E-state index contributed by atoms with van der Waals surface area (Å²) in [6, 6.07) is 20.4. The lowest BCUT2D eigenvalue weighted by atomic mass is 10.1. The number of hydrogen-bond acceptors (Lipinski definition) is 5. The zero-order chi connectivity index (χ0) is 20.8. The highest BCUT2D eigenvalue weighted by Crippen LogP contribution is 2.17. The van der Waals surface area contributed by atoms with Gasteiger partial charge in [0, 0.05) is 48.9 Å². The zero-order valence-corrected chi connectivity index (χ0v) is 17.9. The van der Waals surface area contributed by atoms with Crippen LogP contribution >= 0.6 is 11.3 Å².